The van der Waals surface area contributed by atoms with Crippen molar-refractivity contribution in [1.29, 1.82) is 0 Å². The maximum atomic E-state index is 13.6. The van der Waals surface area contributed by atoms with Gasteiger partial charge >= 0.3 is 0 Å². The smallest absolute Gasteiger partial charge is 0.266 e. The molecule has 0 aliphatic carbocycles. The number of morpholine rings is 1. The Bertz CT molecular complexity index is 1020. The van der Waals surface area contributed by atoms with Crippen LogP contribution in [0.1, 0.15) is 12.0 Å². The first-order valence-electron chi connectivity index (χ1n) is 10.4. The highest BCUT2D eigenvalue weighted by Gasteiger charge is 2.21. The Balaban J connectivity index is 1.46. The number of benzene rings is 2. The number of rotatable bonds is 8. The lowest BCUT2D eigenvalue weighted by atomic mass is 10.2. The van der Waals surface area contributed by atoms with E-state index in [2.05, 4.69) is 9.88 Å². The fourth-order valence-corrected chi connectivity index (χ4v) is 4.50. The van der Waals surface area contributed by atoms with Crippen molar-refractivity contribution in [2.45, 2.75) is 13.3 Å². The Hall–Kier alpha value is -2.55. The molecule has 1 aliphatic rings. The Kier molecular flexibility index (Phi) is 7.11. The number of hydrogen-bond donors (Lipinski definition) is 0. The van der Waals surface area contributed by atoms with Crippen LogP contribution in [0.15, 0.2) is 42.5 Å². The molecule has 6 nitrogen and oxygen atoms in total. The van der Waals surface area contributed by atoms with Gasteiger partial charge in [0.15, 0.2) is 11.7 Å². The third kappa shape index (κ3) is 5.78. The summed E-state index contributed by atoms with van der Waals surface area (Å²) in [5.41, 5.74) is 1.82. The molecule has 2 heterocycles. The predicted molar refractivity (Wildman–Crippen MR) is 120 cm³/mol. The molecule has 1 amide bonds. The van der Waals surface area contributed by atoms with Gasteiger partial charge in [-0.05, 0) is 43.7 Å². The van der Waals surface area contributed by atoms with Crippen molar-refractivity contribution in [2.75, 3.05) is 50.9 Å². The number of amides is 1. The first kappa shape index (κ1) is 21.7. The minimum absolute atomic E-state index is 0.0785. The molecule has 31 heavy (non-hydrogen) atoms. The minimum Gasteiger partial charge on any atom is -0.484 e. The molecule has 3 aromatic rings. The molecule has 164 valence electrons. The summed E-state index contributed by atoms with van der Waals surface area (Å²) in [4.78, 5) is 21.6. The van der Waals surface area contributed by atoms with Gasteiger partial charge in [0.05, 0.1) is 23.4 Å². The summed E-state index contributed by atoms with van der Waals surface area (Å²) in [6, 6.07) is 12.1. The summed E-state index contributed by atoms with van der Waals surface area (Å²) in [5, 5.41) is 0.570. The number of carbonyl (C=O) groups excluding carboxylic acids is 1. The number of hydrogen-bond acceptors (Lipinski definition) is 6. The van der Waals surface area contributed by atoms with Crippen LogP contribution in [0, 0.1) is 12.7 Å². The number of carbonyl (C=O) groups is 1. The van der Waals surface area contributed by atoms with Crippen molar-refractivity contribution < 1.29 is 18.7 Å². The third-order valence-electron chi connectivity index (χ3n) is 5.21. The molecule has 2 aromatic carbocycles. The van der Waals surface area contributed by atoms with Gasteiger partial charge in [0.2, 0.25) is 0 Å². The van der Waals surface area contributed by atoms with E-state index < -0.39 is 0 Å². The van der Waals surface area contributed by atoms with Gasteiger partial charge in [-0.15, -0.1) is 0 Å². The van der Waals surface area contributed by atoms with Crippen molar-refractivity contribution in [1.82, 2.24) is 9.88 Å². The number of ether oxygens (including phenoxy) is 2. The molecule has 0 bridgehead atoms. The molecular weight excluding hydrogens is 417 g/mol. The lowest BCUT2D eigenvalue weighted by molar-refractivity contribution is -0.120. The molecule has 1 aliphatic heterocycles. The van der Waals surface area contributed by atoms with E-state index in [1.165, 1.54) is 23.5 Å². The monoisotopic (exact) mass is 443 g/mol. The number of aromatic nitrogens is 1. The number of aryl methyl sites for hydroxylation is 1. The molecule has 4 rings (SSSR count). The maximum Gasteiger partial charge on any atom is 0.266 e. The molecular formula is C23H26FN3O3S. The summed E-state index contributed by atoms with van der Waals surface area (Å²) < 4.78 is 25.4. The first-order chi connectivity index (χ1) is 15.1. The van der Waals surface area contributed by atoms with Crippen molar-refractivity contribution in [3.05, 3.63) is 53.8 Å². The SMILES string of the molecule is Cc1ccc(OCC(=O)N(CCCN2CCOCC2)c2nc3ccc(F)cc3s2)cc1. The van der Waals surface area contributed by atoms with Gasteiger partial charge in [-0.1, -0.05) is 29.0 Å². The zero-order chi connectivity index (χ0) is 21.6. The summed E-state index contributed by atoms with van der Waals surface area (Å²) >= 11 is 1.32. The fourth-order valence-electron chi connectivity index (χ4n) is 3.46. The maximum absolute atomic E-state index is 13.6. The van der Waals surface area contributed by atoms with E-state index in [1.54, 1.807) is 11.0 Å². The highest BCUT2D eigenvalue weighted by Crippen LogP contribution is 2.29. The number of halogens is 1. The molecule has 8 heteroatoms. The Morgan fingerprint density at radius 3 is 2.77 bits per heavy atom. The molecule has 0 spiro atoms. The van der Waals surface area contributed by atoms with Gasteiger partial charge < -0.3 is 9.47 Å². The third-order valence-corrected chi connectivity index (χ3v) is 6.26. The average Bonchev–Trinajstić information content (AvgIpc) is 3.19. The van der Waals surface area contributed by atoms with Crippen LogP contribution in [0.4, 0.5) is 9.52 Å². The lowest BCUT2D eigenvalue weighted by Gasteiger charge is -2.27. The topological polar surface area (TPSA) is 54.9 Å². The molecule has 0 atom stereocenters. The van der Waals surface area contributed by atoms with Gasteiger partial charge in [0.25, 0.3) is 5.91 Å². The van der Waals surface area contributed by atoms with E-state index in [9.17, 15) is 9.18 Å². The fraction of sp³-hybridized carbons (Fsp3) is 0.391. The van der Waals surface area contributed by atoms with E-state index in [-0.39, 0.29) is 18.3 Å². The normalized spacial score (nSPS) is 14.6. The Morgan fingerprint density at radius 2 is 2.00 bits per heavy atom. The average molecular weight is 444 g/mol. The van der Waals surface area contributed by atoms with Crippen molar-refractivity contribution in [2.24, 2.45) is 0 Å². The van der Waals surface area contributed by atoms with Crippen LogP contribution in [0.2, 0.25) is 0 Å². The molecule has 0 radical (unpaired) electrons. The molecule has 1 fully saturated rings. The van der Waals surface area contributed by atoms with Crippen molar-refractivity contribution in [3.8, 4) is 5.75 Å². The Labute approximate surface area is 185 Å². The van der Waals surface area contributed by atoms with Gasteiger partial charge in [0, 0.05) is 26.2 Å². The molecule has 0 unspecified atom stereocenters. The van der Waals surface area contributed by atoms with E-state index in [0.29, 0.717) is 22.9 Å². The van der Waals surface area contributed by atoms with Gasteiger partial charge in [-0.25, -0.2) is 9.37 Å². The first-order valence-corrected chi connectivity index (χ1v) is 11.3. The summed E-state index contributed by atoms with van der Waals surface area (Å²) in [6.07, 6.45) is 0.806. The summed E-state index contributed by atoms with van der Waals surface area (Å²) in [6.45, 7) is 6.63. The summed E-state index contributed by atoms with van der Waals surface area (Å²) in [5.74, 6) is 0.177. The summed E-state index contributed by atoms with van der Waals surface area (Å²) in [7, 11) is 0. The van der Waals surface area contributed by atoms with E-state index in [0.717, 1.165) is 49.5 Å². The quantitative estimate of drug-likeness (QED) is 0.529. The van der Waals surface area contributed by atoms with Crippen molar-refractivity contribution in [3.63, 3.8) is 0 Å². The van der Waals surface area contributed by atoms with Crippen molar-refractivity contribution >= 4 is 32.6 Å². The predicted octanol–water partition coefficient (Wildman–Crippen LogP) is 3.88. The van der Waals surface area contributed by atoms with Crippen LogP contribution in [0.3, 0.4) is 0 Å². The van der Waals surface area contributed by atoms with E-state index >= 15 is 0 Å². The zero-order valence-electron chi connectivity index (χ0n) is 17.6. The van der Waals surface area contributed by atoms with Crippen LogP contribution in [0.25, 0.3) is 10.2 Å². The second-order valence-corrected chi connectivity index (χ2v) is 8.57. The molecule has 1 saturated heterocycles. The van der Waals surface area contributed by atoms with Crippen LogP contribution in [-0.2, 0) is 9.53 Å². The van der Waals surface area contributed by atoms with Gasteiger partial charge in [-0.2, -0.15) is 0 Å². The van der Waals surface area contributed by atoms with Crippen LogP contribution in [0.5, 0.6) is 5.75 Å². The van der Waals surface area contributed by atoms with E-state index in [4.69, 9.17) is 9.47 Å². The number of fused-ring (bicyclic) bond motifs is 1. The van der Waals surface area contributed by atoms with Gasteiger partial charge in [-0.3, -0.25) is 14.6 Å². The lowest BCUT2D eigenvalue weighted by Crippen LogP contribution is -2.40. The number of nitrogens with zero attached hydrogens (tertiary/aromatic N) is 3. The second kappa shape index (κ2) is 10.2. The second-order valence-electron chi connectivity index (χ2n) is 7.56. The number of anilines is 1. The van der Waals surface area contributed by atoms with E-state index in [1.807, 2.05) is 31.2 Å². The number of thiazole rings is 1. The highest BCUT2D eigenvalue weighted by molar-refractivity contribution is 7.22. The van der Waals surface area contributed by atoms with Crippen LogP contribution < -0.4 is 9.64 Å². The van der Waals surface area contributed by atoms with Crippen LogP contribution >= 0.6 is 11.3 Å². The molecule has 0 saturated carbocycles. The molecule has 0 N–H and O–H groups in total. The standard InChI is InChI=1S/C23H26FN3O3S/c1-17-3-6-19(7-4-17)30-16-22(28)27(10-2-9-26-11-13-29-14-12-26)23-25-20-8-5-18(24)15-21(20)31-23/h3-8,15H,2,9-14,16H2,1H3. The molecule has 1 aromatic heterocycles. The Morgan fingerprint density at radius 1 is 1.23 bits per heavy atom. The van der Waals surface area contributed by atoms with Crippen LogP contribution in [-0.4, -0.2) is 61.8 Å². The minimum atomic E-state index is -0.310. The zero-order valence-corrected chi connectivity index (χ0v) is 18.4. The highest BCUT2D eigenvalue weighted by atomic mass is 32.1. The largest absolute Gasteiger partial charge is 0.484 e. The van der Waals surface area contributed by atoms with Gasteiger partial charge in [0.1, 0.15) is 11.6 Å².